The molecule has 0 radical (unpaired) electrons. The lowest BCUT2D eigenvalue weighted by atomic mass is 9.98. The number of nitrogens with zero attached hydrogens (tertiary/aromatic N) is 3. The van der Waals surface area contributed by atoms with Gasteiger partial charge in [0.05, 0.1) is 23.3 Å². The number of H-pyrrole nitrogens is 1. The van der Waals surface area contributed by atoms with Crippen LogP contribution in [-0.4, -0.2) is 82.8 Å². The number of fused-ring (bicyclic) bond motifs is 2. The molecule has 11 nitrogen and oxygen atoms in total. The summed E-state index contributed by atoms with van der Waals surface area (Å²) in [6.07, 6.45) is 0.502. The zero-order valence-electron chi connectivity index (χ0n) is 22.9. The normalized spacial score (nSPS) is 15.0. The van der Waals surface area contributed by atoms with Gasteiger partial charge < -0.3 is 24.6 Å². The number of amides is 3. The predicted molar refractivity (Wildman–Crippen MR) is 148 cm³/mol. The van der Waals surface area contributed by atoms with Gasteiger partial charge in [0.15, 0.2) is 0 Å². The van der Waals surface area contributed by atoms with Crippen molar-refractivity contribution in [3.63, 3.8) is 0 Å². The van der Waals surface area contributed by atoms with Crippen molar-refractivity contribution in [1.82, 2.24) is 25.3 Å². The third-order valence-electron chi connectivity index (χ3n) is 6.92. The van der Waals surface area contributed by atoms with Crippen LogP contribution < -0.4 is 15.6 Å². The number of piperazine rings is 1. The third kappa shape index (κ3) is 5.93. The van der Waals surface area contributed by atoms with Crippen LogP contribution >= 0.6 is 0 Å². The maximum Gasteiger partial charge on any atom is 0.408 e. The van der Waals surface area contributed by atoms with E-state index in [-0.39, 0.29) is 23.9 Å². The molecule has 0 saturated carbocycles. The van der Waals surface area contributed by atoms with Crippen molar-refractivity contribution in [3.05, 3.63) is 69.1 Å². The molecule has 0 unspecified atom stereocenters. The van der Waals surface area contributed by atoms with Crippen LogP contribution in [0.3, 0.4) is 0 Å². The van der Waals surface area contributed by atoms with Crippen molar-refractivity contribution < 1.29 is 23.9 Å². The lowest BCUT2D eigenvalue weighted by molar-refractivity contribution is -0.131. The molecule has 1 aromatic heterocycles. The second-order valence-corrected chi connectivity index (χ2v) is 11.0. The molecule has 0 atom stereocenters. The van der Waals surface area contributed by atoms with Crippen molar-refractivity contribution >= 4 is 28.7 Å². The maximum atomic E-state index is 13.7. The highest BCUT2D eigenvalue weighted by Crippen LogP contribution is 2.33. The van der Waals surface area contributed by atoms with E-state index in [2.05, 4.69) is 15.5 Å². The summed E-state index contributed by atoms with van der Waals surface area (Å²) < 4.78 is 11.0. The molecule has 2 aromatic carbocycles. The number of hydrogen-bond donors (Lipinski definition) is 2. The number of alkyl carbamates (subject to hydrolysis) is 1. The number of hydrogen-bond acceptors (Lipinski definition) is 7. The average Bonchev–Trinajstić information content (AvgIpc) is 3.40. The fraction of sp³-hybridized carbons (Fsp3) is 0.414. The van der Waals surface area contributed by atoms with E-state index in [4.69, 9.17) is 9.47 Å². The molecule has 2 N–H and O–H groups in total. The third-order valence-corrected chi connectivity index (χ3v) is 6.92. The number of nitrogens with one attached hydrogen (secondary N) is 2. The molecular formula is C29H33N5O6. The van der Waals surface area contributed by atoms with Crippen LogP contribution in [0.25, 0.3) is 10.8 Å². The smallest absolute Gasteiger partial charge is 0.408 e. The van der Waals surface area contributed by atoms with Gasteiger partial charge in [-0.1, -0.05) is 24.3 Å². The fourth-order valence-corrected chi connectivity index (χ4v) is 5.04. The van der Waals surface area contributed by atoms with Crippen LogP contribution in [0.15, 0.2) is 41.2 Å². The molecule has 3 heterocycles. The fourth-order valence-electron chi connectivity index (χ4n) is 5.04. The highest BCUT2D eigenvalue weighted by molar-refractivity contribution is 5.98. The highest BCUT2D eigenvalue weighted by atomic mass is 16.6. The van der Waals surface area contributed by atoms with E-state index in [1.807, 2.05) is 30.3 Å². The Kier molecular flexibility index (Phi) is 7.46. The van der Waals surface area contributed by atoms with Crippen molar-refractivity contribution in [2.45, 2.75) is 39.2 Å². The first-order valence-electron chi connectivity index (χ1n) is 13.4. The molecule has 0 aliphatic carbocycles. The number of rotatable bonds is 5. The van der Waals surface area contributed by atoms with E-state index in [9.17, 15) is 19.2 Å². The number of benzene rings is 2. The first-order chi connectivity index (χ1) is 19.1. The van der Waals surface area contributed by atoms with Crippen molar-refractivity contribution in [2.24, 2.45) is 0 Å². The van der Waals surface area contributed by atoms with Gasteiger partial charge >= 0.3 is 6.09 Å². The predicted octanol–water partition coefficient (Wildman–Crippen LogP) is 2.26. The summed E-state index contributed by atoms with van der Waals surface area (Å²) in [7, 11) is 0. The summed E-state index contributed by atoms with van der Waals surface area (Å²) in [6, 6.07) is 11.2. The molecule has 0 bridgehead atoms. The van der Waals surface area contributed by atoms with Gasteiger partial charge in [-0.25, -0.2) is 9.89 Å². The van der Waals surface area contributed by atoms with Gasteiger partial charge in [0.1, 0.15) is 17.9 Å². The van der Waals surface area contributed by atoms with Crippen LogP contribution in [0.1, 0.15) is 48.0 Å². The summed E-state index contributed by atoms with van der Waals surface area (Å²) >= 11 is 0. The Balaban J connectivity index is 1.27. The number of ether oxygens (including phenoxy) is 2. The van der Waals surface area contributed by atoms with Gasteiger partial charge in [0, 0.05) is 44.4 Å². The molecule has 1 saturated heterocycles. The molecule has 210 valence electrons. The van der Waals surface area contributed by atoms with Gasteiger partial charge in [-0.2, -0.15) is 5.10 Å². The lowest BCUT2D eigenvalue weighted by Gasteiger charge is -2.35. The number of carbonyl (C=O) groups is 3. The first-order valence-corrected chi connectivity index (χ1v) is 13.4. The average molecular weight is 548 g/mol. The Morgan fingerprint density at radius 2 is 1.75 bits per heavy atom. The van der Waals surface area contributed by atoms with Crippen molar-refractivity contribution in [2.75, 3.05) is 39.3 Å². The van der Waals surface area contributed by atoms with Gasteiger partial charge in [-0.3, -0.25) is 14.4 Å². The second kappa shape index (κ2) is 11.0. The summed E-state index contributed by atoms with van der Waals surface area (Å²) in [5.41, 5.74) is 2.20. The van der Waals surface area contributed by atoms with Gasteiger partial charge in [0.25, 0.3) is 11.5 Å². The first kappa shape index (κ1) is 27.2. The lowest BCUT2D eigenvalue weighted by Crippen LogP contribution is -2.52. The molecule has 0 spiro atoms. The van der Waals surface area contributed by atoms with E-state index >= 15 is 0 Å². The molecule has 2 aliphatic heterocycles. The monoisotopic (exact) mass is 547 g/mol. The minimum absolute atomic E-state index is 0.154. The summed E-state index contributed by atoms with van der Waals surface area (Å²) in [4.78, 5) is 53.7. The van der Waals surface area contributed by atoms with Gasteiger partial charge in [-0.05, 0) is 44.0 Å². The summed E-state index contributed by atoms with van der Waals surface area (Å²) in [5, 5.41) is 10.7. The van der Waals surface area contributed by atoms with Crippen LogP contribution in [-0.2, 0) is 22.4 Å². The topological polar surface area (TPSA) is 134 Å². The quantitative estimate of drug-likeness (QED) is 0.501. The Labute approximate surface area is 231 Å². The van der Waals surface area contributed by atoms with Gasteiger partial charge in [-0.15, -0.1) is 0 Å². The molecule has 40 heavy (non-hydrogen) atoms. The standard InChI is InChI=1S/C29H33N5O6/c1-29(2,3)40-28(38)30-17-24(35)33-9-11-34(12-10-33)27(37)22-15-18(14-19-8-13-39-25(19)22)16-23-20-6-4-5-7-21(20)26(36)32-31-23/h4-7,14-15H,8-13,16-17H2,1-3H3,(H,30,38)(H,32,36). The van der Waals surface area contributed by atoms with Crippen LogP contribution in [0.2, 0.25) is 0 Å². The van der Waals surface area contributed by atoms with Crippen LogP contribution in [0, 0.1) is 0 Å². The van der Waals surface area contributed by atoms with E-state index in [1.54, 1.807) is 36.6 Å². The largest absolute Gasteiger partial charge is 0.492 e. The van der Waals surface area contributed by atoms with Crippen molar-refractivity contribution in [3.8, 4) is 5.75 Å². The molecule has 11 heteroatoms. The zero-order valence-corrected chi connectivity index (χ0v) is 22.9. The highest BCUT2D eigenvalue weighted by Gasteiger charge is 2.30. The van der Waals surface area contributed by atoms with E-state index in [0.717, 1.165) is 22.2 Å². The Morgan fingerprint density at radius 3 is 2.48 bits per heavy atom. The van der Waals surface area contributed by atoms with E-state index < -0.39 is 11.7 Å². The van der Waals surface area contributed by atoms with E-state index in [1.165, 1.54) is 0 Å². The zero-order chi connectivity index (χ0) is 28.4. The Bertz CT molecular complexity index is 1520. The van der Waals surface area contributed by atoms with E-state index in [0.29, 0.717) is 62.3 Å². The molecule has 3 amide bonds. The summed E-state index contributed by atoms with van der Waals surface area (Å²) in [6.45, 7) is 7.04. The van der Waals surface area contributed by atoms with Crippen LogP contribution in [0.4, 0.5) is 4.79 Å². The second-order valence-electron chi connectivity index (χ2n) is 11.0. The van der Waals surface area contributed by atoms with Crippen molar-refractivity contribution in [1.29, 1.82) is 0 Å². The molecule has 2 aliphatic rings. The molecule has 1 fully saturated rings. The maximum absolute atomic E-state index is 13.7. The molecular weight excluding hydrogens is 514 g/mol. The molecule has 5 rings (SSSR count). The number of aromatic amines is 1. The Hall–Kier alpha value is -4.41. The number of aromatic nitrogens is 2. The minimum atomic E-state index is -0.648. The minimum Gasteiger partial charge on any atom is -0.492 e. The Morgan fingerprint density at radius 1 is 1.05 bits per heavy atom. The number of carbonyl (C=O) groups excluding carboxylic acids is 3. The molecule has 3 aromatic rings. The van der Waals surface area contributed by atoms with Crippen LogP contribution in [0.5, 0.6) is 5.75 Å². The SMILES string of the molecule is CC(C)(C)OC(=O)NCC(=O)N1CCN(C(=O)c2cc(Cc3n[nH]c(=O)c4ccccc34)cc3c2OCC3)CC1. The van der Waals surface area contributed by atoms with Gasteiger partial charge in [0.2, 0.25) is 5.91 Å². The summed E-state index contributed by atoms with van der Waals surface area (Å²) in [5.74, 6) is 0.219.